The molecule has 0 aromatic carbocycles. The molecule has 0 amide bonds. The van der Waals surface area contributed by atoms with Gasteiger partial charge in [-0.15, -0.1) is 0 Å². The van der Waals surface area contributed by atoms with Crippen molar-refractivity contribution in [3.8, 4) is 0 Å². The standard InChI is InChI=1S/C19H28N6O/c20-17-15-4-11-25(18(15)23-13-22-17)16-3-2-14(26-16)12-24-10-1-5-19(24)6-8-21-9-7-19/h4,11,13-14,16,21H,1-3,5-10,12H2,(H2,20,22,23). The highest BCUT2D eigenvalue weighted by Gasteiger charge is 2.43. The van der Waals surface area contributed by atoms with Crippen molar-refractivity contribution in [2.45, 2.75) is 56.4 Å². The molecule has 2 atom stereocenters. The summed E-state index contributed by atoms with van der Waals surface area (Å²) in [6.45, 7) is 4.59. The monoisotopic (exact) mass is 356 g/mol. The molecule has 5 heterocycles. The van der Waals surface area contributed by atoms with E-state index in [1.165, 1.54) is 38.6 Å². The molecule has 7 nitrogen and oxygen atoms in total. The number of nitrogens with one attached hydrogen (secondary N) is 1. The third-order valence-electron chi connectivity index (χ3n) is 6.63. The van der Waals surface area contributed by atoms with Crippen LogP contribution in [0.15, 0.2) is 18.6 Å². The summed E-state index contributed by atoms with van der Waals surface area (Å²) in [6.07, 6.45) is 11.3. The highest BCUT2D eigenvalue weighted by Crippen LogP contribution is 2.39. The maximum absolute atomic E-state index is 6.45. The third-order valence-corrected chi connectivity index (χ3v) is 6.63. The second kappa shape index (κ2) is 6.48. The van der Waals surface area contributed by atoms with Crippen molar-refractivity contribution in [1.29, 1.82) is 0 Å². The SMILES string of the molecule is Nc1ncnc2c1ccn2C1CCC(CN2CCCC23CCNCC3)O1. The molecular formula is C19H28N6O. The zero-order chi connectivity index (χ0) is 17.6. The van der Waals surface area contributed by atoms with Gasteiger partial charge in [-0.3, -0.25) is 4.90 Å². The van der Waals surface area contributed by atoms with E-state index in [4.69, 9.17) is 10.5 Å². The molecule has 1 spiro atoms. The van der Waals surface area contributed by atoms with Crippen molar-refractivity contribution in [2.24, 2.45) is 0 Å². The smallest absolute Gasteiger partial charge is 0.147 e. The van der Waals surface area contributed by atoms with E-state index in [1.54, 1.807) is 0 Å². The molecule has 0 radical (unpaired) electrons. The van der Waals surface area contributed by atoms with Gasteiger partial charge in [-0.1, -0.05) is 0 Å². The first-order valence-electron chi connectivity index (χ1n) is 9.93. The number of rotatable bonds is 3. The highest BCUT2D eigenvalue weighted by molar-refractivity contribution is 5.86. The maximum atomic E-state index is 6.45. The lowest BCUT2D eigenvalue weighted by atomic mass is 9.85. The Morgan fingerprint density at radius 3 is 3.00 bits per heavy atom. The predicted octanol–water partition coefficient (Wildman–Crippen LogP) is 1.91. The summed E-state index contributed by atoms with van der Waals surface area (Å²) in [4.78, 5) is 11.2. The second-order valence-corrected chi connectivity index (χ2v) is 8.03. The number of likely N-dealkylation sites (tertiary alicyclic amines) is 1. The fourth-order valence-electron chi connectivity index (χ4n) is 5.23. The normalized spacial score (nSPS) is 29.1. The van der Waals surface area contributed by atoms with Gasteiger partial charge in [0.15, 0.2) is 0 Å². The average Bonchev–Trinajstić information content (AvgIpc) is 3.36. The van der Waals surface area contributed by atoms with Crippen LogP contribution in [0.4, 0.5) is 5.82 Å². The largest absolute Gasteiger partial charge is 0.383 e. The highest BCUT2D eigenvalue weighted by atomic mass is 16.5. The molecule has 0 aliphatic carbocycles. The van der Waals surface area contributed by atoms with Crippen LogP contribution in [0, 0.1) is 0 Å². The number of fused-ring (bicyclic) bond motifs is 1. The molecule has 5 rings (SSSR count). The summed E-state index contributed by atoms with van der Waals surface area (Å²) >= 11 is 0. The van der Waals surface area contributed by atoms with E-state index in [1.807, 2.05) is 12.3 Å². The Hall–Kier alpha value is -1.70. The van der Waals surface area contributed by atoms with Crippen molar-refractivity contribution < 1.29 is 4.74 Å². The Morgan fingerprint density at radius 2 is 2.12 bits per heavy atom. The minimum atomic E-state index is 0.0541. The van der Waals surface area contributed by atoms with Gasteiger partial charge < -0.3 is 20.4 Å². The predicted molar refractivity (Wildman–Crippen MR) is 101 cm³/mol. The van der Waals surface area contributed by atoms with Crippen LogP contribution in [0.3, 0.4) is 0 Å². The van der Waals surface area contributed by atoms with Gasteiger partial charge in [-0.25, -0.2) is 9.97 Å². The molecule has 3 aliphatic rings. The molecule has 2 aromatic heterocycles. The molecule has 7 heteroatoms. The van der Waals surface area contributed by atoms with Crippen LogP contribution in [0.2, 0.25) is 0 Å². The number of nitrogens with two attached hydrogens (primary N) is 1. The first-order valence-corrected chi connectivity index (χ1v) is 9.93. The van der Waals surface area contributed by atoms with Crippen LogP contribution >= 0.6 is 0 Å². The molecule has 26 heavy (non-hydrogen) atoms. The number of hydrogen-bond acceptors (Lipinski definition) is 6. The first kappa shape index (κ1) is 16.5. The lowest BCUT2D eigenvalue weighted by molar-refractivity contribution is -0.0277. The first-order chi connectivity index (χ1) is 12.8. The Labute approximate surface area is 153 Å². The number of piperidine rings is 1. The number of nitrogens with zero attached hydrogens (tertiary/aromatic N) is 4. The van der Waals surface area contributed by atoms with Gasteiger partial charge in [0.2, 0.25) is 0 Å². The summed E-state index contributed by atoms with van der Waals surface area (Å²) in [6, 6.07) is 1.99. The molecule has 3 aliphatic heterocycles. The zero-order valence-electron chi connectivity index (χ0n) is 15.2. The van der Waals surface area contributed by atoms with Gasteiger partial charge >= 0.3 is 0 Å². The number of hydrogen-bond donors (Lipinski definition) is 2. The lowest BCUT2D eigenvalue weighted by Gasteiger charge is -2.42. The van der Waals surface area contributed by atoms with Gasteiger partial charge in [-0.05, 0) is 64.2 Å². The molecule has 2 unspecified atom stereocenters. The van der Waals surface area contributed by atoms with E-state index in [-0.39, 0.29) is 6.23 Å². The van der Waals surface area contributed by atoms with Crippen molar-refractivity contribution in [3.05, 3.63) is 18.6 Å². The zero-order valence-corrected chi connectivity index (χ0v) is 15.2. The van der Waals surface area contributed by atoms with Crippen LogP contribution in [-0.2, 0) is 4.74 Å². The Bertz CT molecular complexity index is 783. The van der Waals surface area contributed by atoms with Crippen LogP contribution in [0.25, 0.3) is 11.0 Å². The fourth-order valence-corrected chi connectivity index (χ4v) is 5.23. The second-order valence-electron chi connectivity index (χ2n) is 8.03. The van der Waals surface area contributed by atoms with Crippen molar-refractivity contribution in [2.75, 3.05) is 31.9 Å². The van der Waals surface area contributed by atoms with Crippen LogP contribution in [0.5, 0.6) is 0 Å². The fraction of sp³-hybridized carbons (Fsp3) is 0.684. The molecule has 140 valence electrons. The maximum Gasteiger partial charge on any atom is 0.147 e. The van der Waals surface area contributed by atoms with Gasteiger partial charge in [0.05, 0.1) is 11.5 Å². The van der Waals surface area contributed by atoms with Gasteiger partial charge in [-0.2, -0.15) is 0 Å². The lowest BCUT2D eigenvalue weighted by Crippen LogP contribution is -2.52. The third kappa shape index (κ3) is 2.69. The molecular weight excluding hydrogens is 328 g/mol. The number of nitrogen functional groups attached to an aromatic ring is 1. The van der Waals surface area contributed by atoms with E-state index in [9.17, 15) is 0 Å². The molecule has 3 saturated heterocycles. The molecule has 3 N–H and O–H groups in total. The minimum Gasteiger partial charge on any atom is -0.383 e. The summed E-state index contributed by atoms with van der Waals surface area (Å²) in [7, 11) is 0. The molecule has 3 fully saturated rings. The minimum absolute atomic E-state index is 0.0541. The summed E-state index contributed by atoms with van der Waals surface area (Å²) in [5.74, 6) is 0.535. The summed E-state index contributed by atoms with van der Waals surface area (Å²) in [5.41, 5.74) is 7.27. The quantitative estimate of drug-likeness (QED) is 0.874. The number of aromatic nitrogens is 3. The Morgan fingerprint density at radius 1 is 1.23 bits per heavy atom. The van der Waals surface area contributed by atoms with Crippen molar-refractivity contribution in [3.63, 3.8) is 0 Å². The van der Waals surface area contributed by atoms with Gasteiger partial charge in [0, 0.05) is 18.3 Å². The van der Waals surface area contributed by atoms with E-state index < -0.39 is 0 Å². The Balaban J connectivity index is 1.29. The van der Waals surface area contributed by atoms with E-state index >= 15 is 0 Å². The van der Waals surface area contributed by atoms with Crippen LogP contribution in [0.1, 0.15) is 44.8 Å². The van der Waals surface area contributed by atoms with Crippen molar-refractivity contribution in [1.82, 2.24) is 24.8 Å². The van der Waals surface area contributed by atoms with E-state index in [2.05, 4.69) is 24.8 Å². The molecule has 0 saturated carbocycles. The van der Waals surface area contributed by atoms with E-state index in [0.717, 1.165) is 43.5 Å². The van der Waals surface area contributed by atoms with Gasteiger partial charge in [0.1, 0.15) is 24.0 Å². The number of ether oxygens (including phenoxy) is 1. The summed E-state index contributed by atoms with van der Waals surface area (Å²) < 4.78 is 8.58. The number of anilines is 1. The van der Waals surface area contributed by atoms with Crippen LogP contribution in [-0.4, -0.2) is 57.3 Å². The van der Waals surface area contributed by atoms with Crippen LogP contribution < -0.4 is 11.1 Å². The molecule has 0 bridgehead atoms. The average molecular weight is 356 g/mol. The molecule has 2 aromatic rings. The summed E-state index contributed by atoms with van der Waals surface area (Å²) in [5, 5.41) is 4.42. The van der Waals surface area contributed by atoms with Gasteiger partial charge in [0.25, 0.3) is 0 Å². The van der Waals surface area contributed by atoms with E-state index in [0.29, 0.717) is 17.5 Å². The van der Waals surface area contributed by atoms with Crippen molar-refractivity contribution >= 4 is 16.9 Å². The topological polar surface area (TPSA) is 81.2 Å². The Kier molecular flexibility index (Phi) is 4.10.